The molecular formula is C22H23N3O3S. The Balaban J connectivity index is 1.74. The van der Waals surface area contributed by atoms with Crippen LogP contribution in [0.5, 0.6) is 0 Å². The third-order valence-electron chi connectivity index (χ3n) is 4.17. The molecule has 0 aliphatic carbocycles. The van der Waals surface area contributed by atoms with Crippen LogP contribution in [-0.2, 0) is 14.3 Å². The van der Waals surface area contributed by atoms with Crippen LogP contribution in [0.3, 0.4) is 0 Å². The number of anilines is 1. The fourth-order valence-electron chi connectivity index (χ4n) is 2.84. The van der Waals surface area contributed by atoms with Crippen LogP contribution in [0, 0.1) is 6.92 Å². The Bertz CT molecular complexity index is 972. The van der Waals surface area contributed by atoms with E-state index >= 15 is 0 Å². The summed E-state index contributed by atoms with van der Waals surface area (Å²) in [6.45, 7) is 3.93. The lowest BCUT2D eigenvalue weighted by molar-refractivity contribution is -0.142. The number of hydrogen-bond donors (Lipinski definition) is 0. The standard InChI is InChI=1S/C22H23N3O3S/c1-3-28-21(27)15-25(18-9-5-4-6-10-18)20(26)16-29-22-23-12-13-24(22)19-11-7-8-17(2)14-19/h4-14H,3,15-16H2,1-2H3. The smallest absolute Gasteiger partial charge is 0.326 e. The average Bonchev–Trinajstić information content (AvgIpc) is 3.20. The summed E-state index contributed by atoms with van der Waals surface area (Å²) in [5.74, 6) is -0.471. The molecule has 0 fully saturated rings. The molecule has 1 heterocycles. The summed E-state index contributed by atoms with van der Waals surface area (Å²) < 4.78 is 6.97. The minimum atomic E-state index is -0.434. The molecule has 29 heavy (non-hydrogen) atoms. The van der Waals surface area contributed by atoms with Gasteiger partial charge in [-0.05, 0) is 43.7 Å². The second-order valence-electron chi connectivity index (χ2n) is 6.33. The van der Waals surface area contributed by atoms with Crippen molar-refractivity contribution >= 4 is 29.3 Å². The molecular weight excluding hydrogens is 386 g/mol. The van der Waals surface area contributed by atoms with E-state index in [2.05, 4.69) is 11.1 Å². The summed E-state index contributed by atoms with van der Waals surface area (Å²) in [5, 5.41) is 0.716. The van der Waals surface area contributed by atoms with Crippen LogP contribution in [0.4, 0.5) is 5.69 Å². The zero-order chi connectivity index (χ0) is 20.6. The number of aryl methyl sites for hydroxylation is 1. The number of imidazole rings is 1. The van der Waals surface area contributed by atoms with Gasteiger partial charge >= 0.3 is 5.97 Å². The van der Waals surface area contributed by atoms with Crippen LogP contribution in [0.25, 0.3) is 5.69 Å². The van der Waals surface area contributed by atoms with Gasteiger partial charge in [0.2, 0.25) is 5.91 Å². The molecule has 7 heteroatoms. The van der Waals surface area contributed by atoms with Crippen molar-refractivity contribution in [2.24, 2.45) is 0 Å². The number of benzene rings is 2. The summed E-state index contributed by atoms with van der Waals surface area (Å²) >= 11 is 1.33. The molecule has 0 radical (unpaired) electrons. The van der Waals surface area contributed by atoms with Gasteiger partial charge in [-0.2, -0.15) is 0 Å². The van der Waals surface area contributed by atoms with Gasteiger partial charge in [0.05, 0.1) is 12.4 Å². The van der Waals surface area contributed by atoms with Crippen molar-refractivity contribution in [1.29, 1.82) is 0 Å². The number of para-hydroxylation sites is 1. The van der Waals surface area contributed by atoms with Crippen molar-refractivity contribution in [3.8, 4) is 5.69 Å². The zero-order valence-electron chi connectivity index (χ0n) is 16.4. The van der Waals surface area contributed by atoms with Crippen LogP contribution in [0.2, 0.25) is 0 Å². The van der Waals surface area contributed by atoms with Crippen LogP contribution >= 0.6 is 11.8 Å². The van der Waals surface area contributed by atoms with E-state index in [1.54, 1.807) is 25.3 Å². The Hall–Kier alpha value is -3.06. The predicted octanol–water partition coefficient (Wildman–Crippen LogP) is 3.87. The Morgan fingerprint density at radius 3 is 2.66 bits per heavy atom. The first-order chi connectivity index (χ1) is 14.1. The van der Waals surface area contributed by atoms with E-state index in [-0.39, 0.29) is 24.8 Å². The molecule has 2 aromatic carbocycles. The van der Waals surface area contributed by atoms with E-state index in [4.69, 9.17) is 4.74 Å². The molecule has 0 spiro atoms. The number of nitrogens with zero attached hydrogens (tertiary/aromatic N) is 3. The molecule has 6 nitrogen and oxygen atoms in total. The maximum Gasteiger partial charge on any atom is 0.326 e. The number of thioether (sulfide) groups is 1. The highest BCUT2D eigenvalue weighted by atomic mass is 32.2. The monoisotopic (exact) mass is 409 g/mol. The first-order valence-corrected chi connectivity index (χ1v) is 10.3. The third-order valence-corrected chi connectivity index (χ3v) is 5.12. The first kappa shape index (κ1) is 20.7. The summed E-state index contributed by atoms with van der Waals surface area (Å²) in [4.78, 5) is 30.8. The van der Waals surface area contributed by atoms with Gasteiger partial charge in [0.15, 0.2) is 5.16 Å². The van der Waals surface area contributed by atoms with Crippen molar-refractivity contribution in [2.75, 3.05) is 23.8 Å². The van der Waals surface area contributed by atoms with Crippen LogP contribution in [-0.4, -0.2) is 40.3 Å². The number of ether oxygens (including phenoxy) is 1. The van der Waals surface area contributed by atoms with E-state index < -0.39 is 5.97 Å². The quantitative estimate of drug-likeness (QED) is 0.417. The van der Waals surface area contributed by atoms with Crippen molar-refractivity contribution in [2.45, 2.75) is 19.0 Å². The molecule has 3 rings (SSSR count). The molecule has 0 unspecified atom stereocenters. The van der Waals surface area contributed by atoms with Crippen molar-refractivity contribution in [3.63, 3.8) is 0 Å². The van der Waals surface area contributed by atoms with Gasteiger partial charge in [-0.15, -0.1) is 0 Å². The lowest BCUT2D eigenvalue weighted by Gasteiger charge is -2.21. The molecule has 0 atom stereocenters. The molecule has 0 saturated heterocycles. The fraction of sp³-hybridized carbons (Fsp3) is 0.227. The van der Waals surface area contributed by atoms with Crippen LogP contribution in [0.1, 0.15) is 12.5 Å². The van der Waals surface area contributed by atoms with Crippen molar-refractivity contribution < 1.29 is 14.3 Å². The minimum absolute atomic E-state index is 0.121. The summed E-state index contributed by atoms with van der Waals surface area (Å²) in [5.41, 5.74) is 2.80. The maximum absolute atomic E-state index is 12.9. The fourth-order valence-corrected chi connectivity index (χ4v) is 3.69. The molecule has 0 saturated carbocycles. The SMILES string of the molecule is CCOC(=O)CN(C(=O)CSc1nccn1-c1cccc(C)c1)c1ccccc1. The molecule has 0 aliphatic rings. The van der Waals surface area contributed by atoms with Gasteiger partial charge in [-0.3, -0.25) is 14.2 Å². The van der Waals surface area contributed by atoms with Gasteiger partial charge < -0.3 is 9.64 Å². The maximum atomic E-state index is 12.9. The molecule has 3 aromatic rings. The Morgan fingerprint density at radius 2 is 1.93 bits per heavy atom. The molecule has 0 bridgehead atoms. The second-order valence-corrected chi connectivity index (χ2v) is 7.27. The predicted molar refractivity (Wildman–Crippen MR) is 114 cm³/mol. The van der Waals surface area contributed by atoms with E-state index in [0.717, 1.165) is 11.3 Å². The van der Waals surface area contributed by atoms with Crippen molar-refractivity contribution in [3.05, 3.63) is 72.6 Å². The number of rotatable bonds is 8. The normalized spacial score (nSPS) is 10.6. The van der Waals surface area contributed by atoms with Gasteiger partial charge in [-0.25, -0.2) is 4.98 Å². The third kappa shape index (κ3) is 5.48. The van der Waals surface area contributed by atoms with E-state index in [9.17, 15) is 9.59 Å². The highest BCUT2D eigenvalue weighted by molar-refractivity contribution is 7.99. The number of aromatic nitrogens is 2. The van der Waals surface area contributed by atoms with Crippen LogP contribution < -0.4 is 4.90 Å². The first-order valence-electron chi connectivity index (χ1n) is 9.32. The Morgan fingerprint density at radius 1 is 1.14 bits per heavy atom. The lowest BCUT2D eigenvalue weighted by Crippen LogP contribution is -2.37. The second kappa shape index (κ2) is 9.93. The topological polar surface area (TPSA) is 64.4 Å². The summed E-state index contributed by atoms with van der Waals surface area (Å²) in [6.07, 6.45) is 3.58. The average molecular weight is 410 g/mol. The van der Waals surface area contributed by atoms with E-state index in [1.807, 2.05) is 54.1 Å². The van der Waals surface area contributed by atoms with Gasteiger partial charge in [0.1, 0.15) is 6.54 Å². The van der Waals surface area contributed by atoms with Gasteiger partial charge in [0, 0.05) is 23.8 Å². The highest BCUT2D eigenvalue weighted by Crippen LogP contribution is 2.23. The molecule has 150 valence electrons. The number of esters is 1. The van der Waals surface area contributed by atoms with Crippen LogP contribution in [0.15, 0.2) is 72.1 Å². The molecule has 1 aromatic heterocycles. The number of carbonyl (C=O) groups excluding carboxylic acids is 2. The van der Waals surface area contributed by atoms with Gasteiger partial charge in [0.25, 0.3) is 0 Å². The Labute approximate surface area is 174 Å². The Kier molecular flexibility index (Phi) is 7.08. The number of hydrogen-bond acceptors (Lipinski definition) is 5. The number of carbonyl (C=O) groups is 2. The largest absolute Gasteiger partial charge is 0.465 e. The summed E-state index contributed by atoms with van der Waals surface area (Å²) in [6, 6.07) is 17.2. The molecule has 1 amide bonds. The highest BCUT2D eigenvalue weighted by Gasteiger charge is 2.21. The molecule has 0 N–H and O–H groups in total. The minimum Gasteiger partial charge on any atom is -0.465 e. The van der Waals surface area contributed by atoms with E-state index in [0.29, 0.717) is 10.8 Å². The van der Waals surface area contributed by atoms with E-state index in [1.165, 1.54) is 16.7 Å². The summed E-state index contributed by atoms with van der Waals surface area (Å²) in [7, 11) is 0. The van der Waals surface area contributed by atoms with Crippen molar-refractivity contribution in [1.82, 2.24) is 9.55 Å². The van der Waals surface area contributed by atoms with Gasteiger partial charge in [-0.1, -0.05) is 42.1 Å². The zero-order valence-corrected chi connectivity index (χ0v) is 17.3. The number of amides is 1. The lowest BCUT2D eigenvalue weighted by atomic mass is 10.2. The molecule has 0 aliphatic heterocycles.